The van der Waals surface area contributed by atoms with Crippen LogP contribution in [0.1, 0.15) is 11.6 Å². The molecule has 0 aliphatic rings. The first-order chi connectivity index (χ1) is 15.0. The number of rotatable bonds is 6. The molecule has 0 saturated heterocycles. The number of likely N-dealkylation sites (N-methyl/N-ethyl adjacent to an activating group) is 1. The third-order valence-electron chi connectivity index (χ3n) is 4.92. The van der Waals surface area contributed by atoms with Crippen molar-refractivity contribution in [2.24, 2.45) is 7.05 Å². The predicted octanol–water partition coefficient (Wildman–Crippen LogP) is 3.43. The van der Waals surface area contributed by atoms with Gasteiger partial charge in [0, 0.05) is 36.4 Å². The number of halogens is 3. The number of para-hydroxylation sites is 1. The van der Waals surface area contributed by atoms with Crippen molar-refractivity contribution in [3.05, 3.63) is 60.3 Å². The van der Waals surface area contributed by atoms with Crippen LogP contribution >= 0.6 is 0 Å². The fraction of sp³-hybridized carbons (Fsp3) is 0.273. The molecule has 0 bridgehead atoms. The number of fused-ring (bicyclic) bond motifs is 1. The third-order valence-corrected chi connectivity index (χ3v) is 4.92. The second-order valence-electron chi connectivity index (χ2n) is 7.43. The summed E-state index contributed by atoms with van der Waals surface area (Å²) in [6, 6.07) is 12.2. The van der Waals surface area contributed by atoms with Crippen molar-refractivity contribution < 1.29 is 27.5 Å². The van der Waals surface area contributed by atoms with E-state index >= 15 is 0 Å². The van der Waals surface area contributed by atoms with Gasteiger partial charge in [0.15, 0.2) is 0 Å². The summed E-state index contributed by atoms with van der Waals surface area (Å²) >= 11 is 0. The molecule has 0 saturated carbocycles. The molecular formula is C22H23F3N4O3. The van der Waals surface area contributed by atoms with Crippen LogP contribution in [0.4, 0.5) is 18.9 Å². The Balaban J connectivity index is 1.63. The number of nitrogens with one attached hydrogen (secondary N) is 2. The van der Waals surface area contributed by atoms with E-state index in [4.69, 9.17) is 0 Å². The molecule has 1 unspecified atom stereocenters. The lowest BCUT2D eigenvalue weighted by molar-refractivity contribution is -0.274. The maximum Gasteiger partial charge on any atom is 0.573 e. The molecule has 0 spiro atoms. The van der Waals surface area contributed by atoms with Gasteiger partial charge in [0.1, 0.15) is 5.75 Å². The van der Waals surface area contributed by atoms with E-state index in [0.717, 1.165) is 28.6 Å². The van der Waals surface area contributed by atoms with Gasteiger partial charge in [-0.05, 0) is 50.0 Å². The van der Waals surface area contributed by atoms with Crippen LogP contribution in [0.25, 0.3) is 10.9 Å². The van der Waals surface area contributed by atoms with Crippen molar-refractivity contribution in [3.8, 4) is 5.75 Å². The molecule has 0 fully saturated rings. The van der Waals surface area contributed by atoms with Crippen LogP contribution in [0.5, 0.6) is 5.75 Å². The average molecular weight is 448 g/mol. The molecule has 2 amide bonds. The van der Waals surface area contributed by atoms with E-state index in [9.17, 15) is 22.8 Å². The van der Waals surface area contributed by atoms with Crippen LogP contribution in [-0.4, -0.2) is 48.3 Å². The Morgan fingerprint density at radius 3 is 2.34 bits per heavy atom. The Morgan fingerprint density at radius 2 is 1.72 bits per heavy atom. The Kier molecular flexibility index (Phi) is 6.73. The quantitative estimate of drug-likeness (QED) is 0.567. The number of carbonyl (C=O) groups is 2. The van der Waals surface area contributed by atoms with E-state index in [-0.39, 0.29) is 18.3 Å². The summed E-state index contributed by atoms with van der Waals surface area (Å²) < 4.78 is 42.4. The molecule has 1 heterocycles. The normalized spacial score (nSPS) is 12.6. The smallest absolute Gasteiger partial charge is 0.406 e. The molecule has 3 aromatic rings. The maximum atomic E-state index is 12.3. The molecule has 2 aromatic carbocycles. The Morgan fingerprint density at radius 1 is 1.06 bits per heavy atom. The largest absolute Gasteiger partial charge is 0.573 e. The molecule has 0 radical (unpaired) electrons. The lowest BCUT2D eigenvalue weighted by atomic mass is 10.0. The van der Waals surface area contributed by atoms with Crippen molar-refractivity contribution in [1.82, 2.24) is 14.8 Å². The van der Waals surface area contributed by atoms with E-state index < -0.39 is 23.9 Å². The fourth-order valence-electron chi connectivity index (χ4n) is 3.41. The molecule has 7 nitrogen and oxygen atoms in total. The van der Waals surface area contributed by atoms with E-state index in [0.29, 0.717) is 0 Å². The molecule has 2 N–H and O–H groups in total. The molecule has 170 valence electrons. The third kappa shape index (κ3) is 5.58. The van der Waals surface area contributed by atoms with Gasteiger partial charge in [-0.2, -0.15) is 0 Å². The number of anilines is 1. The summed E-state index contributed by atoms with van der Waals surface area (Å²) in [5.41, 5.74) is 2.23. The number of benzene rings is 2. The van der Waals surface area contributed by atoms with Crippen molar-refractivity contribution in [2.45, 2.75) is 12.4 Å². The van der Waals surface area contributed by atoms with E-state index in [1.807, 2.05) is 61.1 Å². The summed E-state index contributed by atoms with van der Waals surface area (Å²) in [5.74, 6) is -2.21. The predicted molar refractivity (Wildman–Crippen MR) is 114 cm³/mol. The first-order valence-electron chi connectivity index (χ1n) is 9.70. The number of ether oxygens (including phenoxy) is 1. The Hall–Kier alpha value is -3.53. The highest BCUT2D eigenvalue weighted by Crippen LogP contribution is 2.28. The number of carbonyl (C=O) groups excluding carboxylic acids is 2. The van der Waals surface area contributed by atoms with Gasteiger partial charge in [0.2, 0.25) is 0 Å². The summed E-state index contributed by atoms with van der Waals surface area (Å²) in [4.78, 5) is 26.5. The highest BCUT2D eigenvalue weighted by molar-refractivity contribution is 6.39. The zero-order valence-corrected chi connectivity index (χ0v) is 17.7. The lowest BCUT2D eigenvalue weighted by Gasteiger charge is -2.24. The van der Waals surface area contributed by atoms with Crippen LogP contribution in [0.2, 0.25) is 0 Å². The Bertz CT molecular complexity index is 1110. The molecule has 0 aliphatic heterocycles. The highest BCUT2D eigenvalue weighted by Gasteiger charge is 2.31. The fourth-order valence-corrected chi connectivity index (χ4v) is 3.41. The molecule has 3 rings (SSSR count). The van der Waals surface area contributed by atoms with Crippen molar-refractivity contribution >= 4 is 28.4 Å². The second kappa shape index (κ2) is 9.31. The minimum Gasteiger partial charge on any atom is -0.406 e. The summed E-state index contributed by atoms with van der Waals surface area (Å²) in [6.45, 7) is 0.186. The minimum atomic E-state index is -4.81. The number of amides is 2. The van der Waals surface area contributed by atoms with Crippen LogP contribution in [0, 0.1) is 0 Å². The zero-order chi connectivity index (χ0) is 23.5. The topological polar surface area (TPSA) is 75.6 Å². The molecule has 0 aliphatic carbocycles. The van der Waals surface area contributed by atoms with Gasteiger partial charge in [-0.15, -0.1) is 13.2 Å². The van der Waals surface area contributed by atoms with Gasteiger partial charge in [-0.3, -0.25) is 9.59 Å². The van der Waals surface area contributed by atoms with E-state index in [1.165, 1.54) is 12.1 Å². The second-order valence-corrected chi connectivity index (χ2v) is 7.43. The number of alkyl halides is 3. The Labute approximate surface area is 182 Å². The summed E-state index contributed by atoms with van der Waals surface area (Å²) in [7, 11) is 5.70. The monoisotopic (exact) mass is 448 g/mol. The number of aryl methyl sites for hydroxylation is 1. The molecular weight excluding hydrogens is 425 g/mol. The minimum absolute atomic E-state index is 0.165. The van der Waals surface area contributed by atoms with Crippen molar-refractivity contribution in [2.75, 3.05) is 26.0 Å². The highest BCUT2D eigenvalue weighted by atomic mass is 19.4. The molecule has 1 atom stereocenters. The summed E-state index contributed by atoms with van der Waals surface area (Å²) in [6.07, 6.45) is -2.82. The molecule has 10 heteroatoms. The molecule has 1 aromatic heterocycles. The van der Waals surface area contributed by atoms with E-state index in [1.54, 1.807) is 0 Å². The SMILES string of the molecule is CN(C)C(CNC(=O)C(=O)Nc1ccc(OC(F)(F)F)cc1)c1cn(C)c2ccccc12. The zero-order valence-electron chi connectivity index (χ0n) is 17.7. The van der Waals surface area contributed by atoms with E-state index in [2.05, 4.69) is 15.4 Å². The van der Waals surface area contributed by atoms with Gasteiger partial charge >= 0.3 is 18.2 Å². The van der Waals surface area contributed by atoms with Gasteiger partial charge < -0.3 is 24.8 Å². The lowest BCUT2D eigenvalue weighted by Crippen LogP contribution is -2.40. The van der Waals surface area contributed by atoms with Gasteiger partial charge in [-0.25, -0.2) is 0 Å². The van der Waals surface area contributed by atoms with Crippen molar-refractivity contribution in [3.63, 3.8) is 0 Å². The van der Waals surface area contributed by atoms with Crippen LogP contribution in [0.15, 0.2) is 54.7 Å². The van der Waals surface area contributed by atoms with Gasteiger partial charge in [-0.1, -0.05) is 18.2 Å². The first-order valence-corrected chi connectivity index (χ1v) is 9.70. The van der Waals surface area contributed by atoms with Gasteiger partial charge in [0.05, 0.1) is 6.04 Å². The number of hydrogen-bond acceptors (Lipinski definition) is 4. The van der Waals surface area contributed by atoms with Gasteiger partial charge in [0.25, 0.3) is 0 Å². The van der Waals surface area contributed by atoms with Crippen molar-refractivity contribution in [1.29, 1.82) is 0 Å². The summed E-state index contributed by atoms with van der Waals surface area (Å²) in [5, 5.41) is 6.03. The van der Waals surface area contributed by atoms with Crippen LogP contribution < -0.4 is 15.4 Å². The van der Waals surface area contributed by atoms with Crippen LogP contribution in [-0.2, 0) is 16.6 Å². The van der Waals surface area contributed by atoms with Crippen LogP contribution in [0.3, 0.4) is 0 Å². The average Bonchev–Trinajstić information content (AvgIpc) is 3.05. The number of aromatic nitrogens is 1. The number of nitrogens with zero attached hydrogens (tertiary/aromatic N) is 2. The number of hydrogen-bond donors (Lipinski definition) is 2. The first kappa shape index (κ1) is 23.1. The maximum absolute atomic E-state index is 12.3. The standard InChI is InChI=1S/C22H23F3N4O3/c1-28(2)19(17-13-29(3)18-7-5-4-6-16(17)18)12-26-20(30)21(31)27-14-8-10-15(11-9-14)32-22(23,24)25/h4-11,13,19H,12H2,1-3H3,(H,26,30)(H,27,31). The molecule has 32 heavy (non-hydrogen) atoms.